The average molecular weight is 245 g/mol. The molecule has 0 amide bonds. The van der Waals surface area contributed by atoms with Crippen LogP contribution in [0.25, 0.3) is 10.8 Å². The number of hydroxylamine groups is 1. The first-order valence-electron chi connectivity index (χ1n) is 6.19. The molecule has 0 heterocycles. The number of nitrogens with one attached hydrogen (secondary N) is 1. The van der Waals surface area contributed by atoms with Gasteiger partial charge in [-0.1, -0.05) is 18.2 Å². The Morgan fingerprint density at radius 1 is 1.11 bits per heavy atom. The van der Waals surface area contributed by atoms with Crippen LogP contribution in [0.3, 0.4) is 0 Å². The number of fused-ring (bicyclic) bond motifs is 1. The fourth-order valence-corrected chi connectivity index (χ4v) is 1.91. The third kappa shape index (κ3) is 2.81. The maximum atomic E-state index is 5.23. The SMILES string of the molecule is CCONC(C)c1ccc2cc(OC)ccc2c1. The van der Waals surface area contributed by atoms with Gasteiger partial charge in [0.15, 0.2) is 0 Å². The number of ether oxygens (including phenoxy) is 1. The van der Waals surface area contributed by atoms with Crippen molar-refractivity contribution in [2.45, 2.75) is 19.9 Å². The standard InChI is InChI=1S/C15H19NO2/c1-4-18-16-11(2)12-5-6-14-10-15(17-3)8-7-13(14)9-12/h5-11,16H,4H2,1-3H3. The molecule has 96 valence electrons. The highest BCUT2D eigenvalue weighted by Crippen LogP contribution is 2.24. The molecule has 3 nitrogen and oxygen atoms in total. The van der Waals surface area contributed by atoms with Crippen molar-refractivity contribution in [3.8, 4) is 5.75 Å². The number of rotatable bonds is 5. The lowest BCUT2D eigenvalue weighted by Gasteiger charge is -2.14. The minimum absolute atomic E-state index is 0.177. The molecule has 2 aromatic rings. The molecule has 1 unspecified atom stereocenters. The maximum absolute atomic E-state index is 5.23. The van der Waals surface area contributed by atoms with Gasteiger partial charge >= 0.3 is 0 Å². The molecular formula is C15H19NO2. The topological polar surface area (TPSA) is 30.5 Å². The largest absolute Gasteiger partial charge is 0.497 e. The van der Waals surface area contributed by atoms with Crippen molar-refractivity contribution in [2.24, 2.45) is 0 Å². The summed E-state index contributed by atoms with van der Waals surface area (Å²) < 4.78 is 5.22. The summed E-state index contributed by atoms with van der Waals surface area (Å²) in [5.74, 6) is 0.885. The number of methoxy groups -OCH3 is 1. The molecule has 0 aliphatic heterocycles. The minimum atomic E-state index is 0.177. The summed E-state index contributed by atoms with van der Waals surface area (Å²) in [6.07, 6.45) is 0. The lowest BCUT2D eigenvalue weighted by atomic mass is 10.0. The van der Waals surface area contributed by atoms with Crippen LogP contribution in [0.4, 0.5) is 0 Å². The summed E-state index contributed by atoms with van der Waals surface area (Å²) in [5.41, 5.74) is 4.22. The van der Waals surface area contributed by atoms with E-state index in [9.17, 15) is 0 Å². The average Bonchev–Trinajstić information content (AvgIpc) is 2.43. The fourth-order valence-electron chi connectivity index (χ4n) is 1.91. The fraction of sp³-hybridized carbons (Fsp3) is 0.333. The highest BCUT2D eigenvalue weighted by Gasteiger charge is 2.06. The minimum Gasteiger partial charge on any atom is -0.497 e. The molecular weight excluding hydrogens is 226 g/mol. The second-order valence-corrected chi connectivity index (χ2v) is 4.25. The number of hydrogen-bond acceptors (Lipinski definition) is 3. The van der Waals surface area contributed by atoms with Crippen molar-refractivity contribution in [1.29, 1.82) is 0 Å². The zero-order chi connectivity index (χ0) is 13.0. The molecule has 0 saturated carbocycles. The smallest absolute Gasteiger partial charge is 0.119 e. The summed E-state index contributed by atoms with van der Waals surface area (Å²) in [4.78, 5) is 5.23. The molecule has 0 aromatic heterocycles. The highest BCUT2D eigenvalue weighted by molar-refractivity contribution is 5.84. The monoisotopic (exact) mass is 245 g/mol. The van der Waals surface area contributed by atoms with Crippen LogP contribution in [0.15, 0.2) is 36.4 Å². The van der Waals surface area contributed by atoms with Crippen molar-refractivity contribution in [3.05, 3.63) is 42.0 Å². The molecule has 1 atom stereocenters. The van der Waals surface area contributed by atoms with Crippen LogP contribution in [0.1, 0.15) is 25.5 Å². The van der Waals surface area contributed by atoms with E-state index in [1.54, 1.807) is 7.11 Å². The van der Waals surface area contributed by atoms with Crippen molar-refractivity contribution in [1.82, 2.24) is 5.48 Å². The molecule has 18 heavy (non-hydrogen) atoms. The van der Waals surface area contributed by atoms with Gasteiger partial charge in [0, 0.05) is 0 Å². The Hall–Kier alpha value is -1.58. The Kier molecular flexibility index (Phi) is 4.18. The summed E-state index contributed by atoms with van der Waals surface area (Å²) >= 11 is 0. The van der Waals surface area contributed by atoms with Crippen LogP contribution in [-0.4, -0.2) is 13.7 Å². The Morgan fingerprint density at radius 2 is 1.83 bits per heavy atom. The summed E-state index contributed by atoms with van der Waals surface area (Å²) in [6.45, 7) is 4.71. The van der Waals surface area contributed by atoms with Gasteiger partial charge in [-0.05, 0) is 48.4 Å². The van der Waals surface area contributed by atoms with Gasteiger partial charge in [0.25, 0.3) is 0 Å². The van der Waals surface area contributed by atoms with Crippen molar-refractivity contribution >= 4 is 10.8 Å². The van der Waals surface area contributed by atoms with Gasteiger partial charge in [-0.25, -0.2) is 0 Å². The van der Waals surface area contributed by atoms with Crippen molar-refractivity contribution in [2.75, 3.05) is 13.7 Å². The van der Waals surface area contributed by atoms with Crippen LogP contribution in [0, 0.1) is 0 Å². The van der Waals surface area contributed by atoms with E-state index in [-0.39, 0.29) is 6.04 Å². The summed E-state index contributed by atoms with van der Waals surface area (Å²) in [5, 5.41) is 2.39. The third-order valence-electron chi connectivity index (χ3n) is 2.98. The van der Waals surface area contributed by atoms with E-state index in [4.69, 9.17) is 9.57 Å². The molecule has 2 aromatic carbocycles. The first-order valence-corrected chi connectivity index (χ1v) is 6.19. The van der Waals surface area contributed by atoms with Crippen molar-refractivity contribution in [3.63, 3.8) is 0 Å². The molecule has 3 heteroatoms. The number of benzene rings is 2. The summed E-state index contributed by atoms with van der Waals surface area (Å²) in [7, 11) is 1.68. The predicted molar refractivity (Wildman–Crippen MR) is 73.7 cm³/mol. The van der Waals surface area contributed by atoms with E-state index in [0.29, 0.717) is 6.61 Å². The predicted octanol–water partition coefficient (Wildman–Crippen LogP) is 3.45. The Labute approximate surface area is 108 Å². The lowest BCUT2D eigenvalue weighted by molar-refractivity contribution is 0.0285. The van der Waals surface area contributed by atoms with Gasteiger partial charge in [0.2, 0.25) is 0 Å². The van der Waals surface area contributed by atoms with E-state index >= 15 is 0 Å². The molecule has 0 saturated heterocycles. The van der Waals surface area contributed by atoms with Crippen LogP contribution in [0.5, 0.6) is 5.75 Å². The zero-order valence-corrected chi connectivity index (χ0v) is 11.1. The lowest BCUT2D eigenvalue weighted by Crippen LogP contribution is -2.18. The van der Waals surface area contributed by atoms with Gasteiger partial charge in [-0.2, -0.15) is 5.48 Å². The van der Waals surface area contributed by atoms with Gasteiger partial charge in [0.05, 0.1) is 19.8 Å². The molecule has 0 bridgehead atoms. The maximum Gasteiger partial charge on any atom is 0.119 e. The molecule has 2 rings (SSSR count). The Balaban J connectivity index is 2.27. The normalized spacial score (nSPS) is 12.6. The molecule has 1 N–H and O–H groups in total. The van der Waals surface area contributed by atoms with Gasteiger partial charge < -0.3 is 9.57 Å². The van der Waals surface area contributed by atoms with E-state index < -0.39 is 0 Å². The van der Waals surface area contributed by atoms with Gasteiger partial charge in [0.1, 0.15) is 5.75 Å². The van der Waals surface area contributed by atoms with Crippen molar-refractivity contribution < 1.29 is 9.57 Å². The van der Waals surface area contributed by atoms with E-state index in [0.717, 1.165) is 5.75 Å². The van der Waals surface area contributed by atoms with Crippen LogP contribution in [-0.2, 0) is 4.84 Å². The molecule has 0 radical (unpaired) electrons. The third-order valence-corrected chi connectivity index (χ3v) is 2.98. The zero-order valence-electron chi connectivity index (χ0n) is 11.1. The van der Waals surface area contributed by atoms with Crippen LogP contribution in [0.2, 0.25) is 0 Å². The van der Waals surface area contributed by atoms with Gasteiger partial charge in [-0.15, -0.1) is 0 Å². The van der Waals surface area contributed by atoms with E-state index in [1.807, 2.05) is 19.1 Å². The van der Waals surface area contributed by atoms with Crippen LogP contribution >= 0.6 is 0 Å². The molecule has 0 fully saturated rings. The molecule has 0 aliphatic rings. The molecule has 0 aliphatic carbocycles. The Bertz CT molecular complexity index is 525. The van der Waals surface area contributed by atoms with Crippen LogP contribution < -0.4 is 10.2 Å². The van der Waals surface area contributed by atoms with E-state index in [1.165, 1.54) is 16.3 Å². The first-order chi connectivity index (χ1) is 8.74. The number of hydrogen-bond donors (Lipinski definition) is 1. The highest BCUT2D eigenvalue weighted by atomic mass is 16.6. The Morgan fingerprint density at radius 3 is 2.56 bits per heavy atom. The van der Waals surface area contributed by atoms with E-state index in [2.05, 4.69) is 36.7 Å². The second-order valence-electron chi connectivity index (χ2n) is 4.25. The quantitative estimate of drug-likeness (QED) is 0.818. The molecule has 0 spiro atoms. The summed E-state index contributed by atoms with van der Waals surface area (Å²) in [6, 6.07) is 12.7. The van der Waals surface area contributed by atoms with Gasteiger partial charge in [-0.3, -0.25) is 0 Å². The second kappa shape index (κ2) is 5.85. The first kappa shape index (κ1) is 12.9.